The maximum absolute atomic E-state index is 13.9. The first kappa shape index (κ1) is 37.6. The molecule has 0 radical (unpaired) electrons. The zero-order valence-corrected chi connectivity index (χ0v) is 28.8. The van der Waals surface area contributed by atoms with E-state index in [4.69, 9.17) is 0 Å². The van der Waals surface area contributed by atoms with Gasteiger partial charge in [0.25, 0.3) is 0 Å². The van der Waals surface area contributed by atoms with Gasteiger partial charge in [0.2, 0.25) is 29.5 Å². The lowest BCUT2D eigenvalue weighted by atomic mass is 9.98. The van der Waals surface area contributed by atoms with Gasteiger partial charge in [-0.1, -0.05) is 67.5 Å². The van der Waals surface area contributed by atoms with Gasteiger partial charge in [0, 0.05) is 26.2 Å². The second-order valence-electron chi connectivity index (χ2n) is 14.1. The highest BCUT2D eigenvalue weighted by Crippen LogP contribution is 2.16. The minimum Gasteiger partial charge on any atom is -0.378 e. The molecule has 0 unspecified atom stereocenters. The lowest BCUT2D eigenvalue weighted by molar-refractivity contribution is -0.135. The fourth-order valence-electron chi connectivity index (χ4n) is 5.35. The second kappa shape index (κ2) is 17.2. The van der Waals surface area contributed by atoms with Gasteiger partial charge in [-0.2, -0.15) is 0 Å². The molecule has 252 valence electrons. The smallest absolute Gasteiger partial charge is 0.243 e. The molecule has 1 aliphatic rings. The van der Waals surface area contributed by atoms with E-state index in [9.17, 15) is 24.0 Å². The molecule has 1 fully saturated rings. The van der Waals surface area contributed by atoms with Crippen LogP contribution in [0.25, 0.3) is 0 Å². The van der Waals surface area contributed by atoms with Crippen LogP contribution < -0.4 is 31.5 Å². The van der Waals surface area contributed by atoms with Crippen molar-refractivity contribution in [2.24, 2.45) is 23.7 Å². The van der Waals surface area contributed by atoms with Crippen molar-refractivity contribution in [3.8, 4) is 0 Å². The number of carbonyl (C=O) groups is 5. The van der Waals surface area contributed by atoms with Crippen molar-refractivity contribution in [1.82, 2.24) is 26.6 Å². The van der Waals surface area contributed by atoms with Crippen LogP contribution in [-0.2, 0) is 30.4 Å². The highest BCUT2D eigenvalue weighted by atomic mass is 16.2. The van der Waals surface area contributed by atoms with Crippen LogP contribution >= 0.6 is 0 Å². The van der Waals surface area contributed by atoms with Crippen molar-refractivity contribution in [3.63, 3.8) is 0 Å². The van der Waals surface area contributed by atoms with Gasteiger partial charge in [0.05, 0.1) is 0 Å². The fourth-order valence-corrected chi connectivity index (χ4v) is 5.35. The Labute approximate surface area is 269 Å². The molecule has 0 aliphatic carbocycles. The van der Waals surface area contributed by atoms with Gasteiger partial charge in [-0.15, -0.1) is 0 Å². The summed E-state index contributed by atoms with van der Waals surface area (Å²) < 4.78 is 0. The van der Waals surface area contributed by atoms with E-state index in [0.717, 1.165) is 11.3 Å². The van der Waals surface area contributed by atoms with Crippen LogP contribution in [0.1, 0.15) is 80.2 Å². The van der Waals surface area contributed by atoms with E-state index in [2.05, 4.69) is 26.6 Å². The molecule has 5 amide bonds. The summed E-state index contributed by atoms with van der Waals surface area (Å²) in [5.41, 5.74) is 1.81. The number of amides is 5. The summed E-state index contributed by atoms with van der Waals surface area (Å²) >= 11 is 0. The Kier molecular flexibility index (Phi) is 14.3. The highest BCUT2D eigenvalue weighted by molar-refractivity contribution is 5.98. The van der Waals surface area contributed by atoms with Crippen LogP contribution in [0.15, 0.2) is 24.3 Å². The predicted octanol–water partition coefficient (Wildman–Crippen LogP) is 2.53. The Hall–Kier alpha value is -3.63. The molecule has 1 saturated heterocycles. The normalized spacial score (nSPS) is 24.0. The van der Waals surface area contributed by atoms with Gasteiger partial charge < -0.3 is 31.5 Å². The van der Waals surface area contributed by atoms with Gasteiger partial charge in [0.15, 0.2) is 0 Å². The zero-order chi connectivity index (χ0) is 34.0. The molecule has 1 aromatic rings. The minimum absolute atomic E-state index is 0.0498. The molecule has 1 heterocycles. The third kappa shape index (κ3) is 12.0. The Morgan fingerprint density at radius 3 is 1.27 bits per heavy atom. The van der Waals surface area contributed by atoms with E-state index in [1.54, 1.807) is 0 Å². The Morgan fingerprint density at radius 1 is 0.533 bits per heavy atom. The molecule has 1 aromatic carbocycles. The molecule has 0 aromatic heterocycles. The number of anilines is 1. The molecule has 11 heteroatoms. The largest absolute Gasteiger partial charge is 0.378 e. The van der Waals surface area contributed by atoms with Gasteiger partial charge in [-0.05, 0) is 60.6 Å². The van der Waals surface area contributed by atoms with E-state index in [1.807, 2.05) is 98.7 Å². The number of nitrogens with zero attached hydrogens (tertiary/aromatic N) is 1. The maximum atomic E-state index is 13.9. The third-order valence-electron chi connectivity index (χ3n) is 7.79. The first-order chi connectivity index (χ1) is 21.0. The molecule has 5 atom stereocenters. The van der Waals surface area contributed by atoms with E-state index in [1.165, 1.54) is 0 Å². The van der Waals surface area contributed by atoms with Crippen LogP contribution in [0.5, 0.6) is 0 Å². The van der Waals surface area contributed by atoms with Crippen molar-refractivity contribution in [1.29, 1.82) is 0 Å². The lowest BCUT2D eigenvalue weighted by Gasteiger charge is -2.28. The van der Waals surface area contributed by atoms with Gasteiger partial charge in [-0.25, -0.2) is 0 Å². The quantitative estimate of drug-likeness (QED) is 0.269. The maximum Gasteiger partial charge on any atom is 0.243 e. The number of rotatable bonds is 10. The van der Waals surface area contributed by atoms with Crippen LogP contribution in [0.4, 0.5) is 5.69 Å². The number of benzene rings is 1. The van der Waals surface area contributed by atoms with E-state index in [-0.39, 0.29) is 30.1 Å². The van der Waals surface area contributed by atoms with Gasteiger partial charge in [0.1, 0.15) is 30.2 Å². The van der Waals surface area contributed by atoms with Crippen molar-refractivity contribution in [3.05, 3.63) is 29.8 Å². The van der Waals surface area contributed by atoms with E-state index in [0.29, 0.717) is 19.3 Å². The Morgan fingerprint density at radius 2 is 0.889 bits per heavy atom. The van der Waals surface area contributed by atoms with E-state index < -0.39 is 59.7 Å². The third-order valence-corrected chi connectivity index (χ3v) is 7.79. The summed E-state index contributed by atoms with van der Waals surface area (Å²) in [6.45, 7) is 15.3. The lowest BCUT2D eigenvalue weighted by Crippen LogP contribution is -2.59. The summed E-state index contributed by atoms with van der Waals surface area (Å²) in [6, 6.07) is 2.92. The molecular weight excluding hydrogens is 572 g/mol. The fraction of sp³-hybridized carbons (Fsp3) is 0.676. The van der Waals surface area contributed by atoms with Gasteiger partial charge in [-0.3, -0.25) is 24.0 Å². The van der Waals surface area contributed by atoms with Crippen molar-refractivity contribution in [2.75, 3.05) is 19.0 Å². The Balaban J connectivity index is 2.61. The van der Waals surface area contributed by atoms with Gasteiger partial charge >= 0.3 is 0 Å². The predicted molar refractivity (Wildman–Crippen MR) is 177 cm³/mol. The molecule has 45 heavy (non-hydrogen) atoms. The molecule has 2 rings (SSSR count). The summed E-state index contributed by atoms with van der Waals surface area (Å²) in [4.78, 5) is 70.5. The highest BCUT2D eigenvalue weighted by Gasteiger charge is 2.36. The monoisotopic (exact) mass is 628 g/mol. The van der Waals surface area contributed by atoms with Crippen LogP contribution in [0.2, 0.25) is 0 Å². The Bertz CT molecular complexity index is 1160. The molecule has 5 N–H and O–H groups in total. The molecular formula is C34H56N6O5. The SMILES string of the molecule is CC(C)C[C@@H]1NC(=O)[C@@H](CC(C)C)NC(=O)[C@@H](Cc2ccc(N(C)C)cc2)NC(=O)[C@H](CC(C)C)NC(=O)[C@@H](C(C)C)NC1=O. The number of hydrogen-bond donors (Lipinski definition) is 5. The topological polar surface area (TPSA) is 149 Å². The van der Waals surface area contributed by atoms with Crippen LogP contribution in [0.3, 0.4) is 0 Å². The summed E-state index contributed by atoms with van der Waals surface area (Å²) in [5.74, 6) is -2.63. The molecule has 1 aliphatic heterocycles. The first-order valence-electron chi connectivity index (χ1n) is 16.3. The standard InChI is InChI=1S/C34H56N6O5/c1-19(2)15-25-30(41)36-27(17-21(5)6)33(44)39-29(22(7)8)34(45)38-26(16-20(3)4)31(42)37-28(32(43)35-25)18-23-11-13-24(14-12-23)40(9)10/h11-14,19-22,25-29H,15-18H2,1-10H3,(H,35,43)(H,36,41)(H,37,42)(H,38,45)(H,39,44)/t25-,26+,27+,28-,29-/m1/s1. The van der Waals surface area contributed by atoms with Crippen LogP contribution in [0, 0.1) is 23.7 Å². The summed E-state index contributed by atoms with van der Waals surface area (Å²) in [6.07, 6.45) is 1.17. The van der Waals surface area contributed by atoms with E-state index >= 15 is 0 Å². The van der Waals surface area contributed by atoms with Crippen molar-refractivity contribution < 1.29 is 24.0 Å². The summed E-state index contributed by atoms with van der Waals surface area (Å²) in [5, 5.41) is 14.3. The number of carbonyl (C=O) groups excluding carboxylic acids is 5. The number of nitrogens with one attached hydrogen (secondary N) is 5. The zero-order valence-electron chi connectivity index (χ0n) is 28.8. The second-order valence-corrected chi connectivity index (χ2v) is 14.1. The van der Waals surface area contributed by atoms with Crippen LogP contribution in [-0.4, -0.2) is 73.8 Å². The number of hydrogen-bond acceptors (Lipinski definition) is 6. The molecule has 0 saturated carbocycles. The molecule has 0 bridgehead atoms. The van der Waals surface area contributed by atoms with Crippen molar-refractivity contribution in [2.45, 2.75) is 111 Å². The van der Waals surface area contributed by atoms with Crippen molar-refractivity contribution >= 4 is 35.2 Å². The average Bonchev–Trinajstić information content (AvgIpc) is 2.93. The first-order valence-corrected chi connectivity index (χ1v) is 16.3. The summed E-state index contributed by atoms with van der Waals surface area (Å²) in [7, 11) is 3.87. The molecule has 0 spiro atoms. The molecule has 11 nitrogen and oxygen atoms in total. The average molecular weight is 629 g/mol. The minimum atomic E-state index is -1.02.